The molecular formula is C15H18ClN3O3S. The van der Waals surface area contributed by atoms with E-state index in [0.717, 1.165) is 34.9 Å². The summed E-state index contributed by atoms with van der Waals surface area (Å²) in [6.45, 7) is 3.37. The van der Waals surface area contributed by atoms with Crippen molar-refractivity contribution in [3.05, 3.63) is 28.7 Å². The number of anilines is 1. The van der Waals surface area contributed by atoms with Gasteiger partial charge in [0.05, 0.1) is 32.6 Å². The number of carbonyl (C=O) groups excluding carboxylic acids is 1. The number of rotatable bonds is 2. The molecular weight excluding hydrogens is 338 g/mol. The average Bonchev–Trinajstić information content (AvgIpc) is 2.60. The zero-order valence-electron chi connectivity index (χ0n) is 13.0. The van der Waals surface area contributed by atoms with Crippen molar-refractivity contribution >= 4 is 40.0 Å². The maximum atomic E-state index is 12.0. The molecule has 0 radical (unpaired) electrons. The molecule has 0 atom stereocenters. The second-order valence-electron chi connectivity index (χ2n) is 5.19. The van der Waals surface area contributed by atoms with Crippen LogP contribution in [-0.2, 0) is 16.0 Å². The number of nitrogens with zero attached hydrogens (tertiary/aromatic N) is 3. The van der Waals surface area contributed by atoms with Gasteiger partial charge in [0, 0.05) is 35.4 Å². The lowest BCUT2D eigenvalue weighted by molar-refractivity contribution is 0.122. The number of fused-ring (bicyclic) bond motifs is 1. The molecule has 0 N–H and O–H groups in total. The normalized spacial score (nSPS) is 17.6. The van der Waals surface area contributed by atoms with Crippen LogP contribution >= 0.6 is 23.4 Å². The molecule has 0 spiro atoms. The zero-order valence-corrected chi connectivity index (χ0v) is 14.6. The lowest BCUT2D eigenvalue weighted by Crippen LogP contribution is -2.38. The molecule has 1 aromatic heterocycles. The highest BCUT2D eigenvalue weighted by Gasteiger charge is 2.28. The SMILES string of the molecule is COC(=O)N1C=C(SC)c2nc(Cl)cc(N3CCOCC3)c2C1. The number of aromatic nitrogens is 1. The molecule has 0 aliphatic carbocycles. The smallest absolute Gasteiger partial charge is 0.413 e. The van der Waals surface area contributed by atoms with E-state index in [1.807, 2.05) is 12.3 Å². The van der Waals surface area contributed by atoms with Crippen molar-refractivity contribution in [3.8, 4) is 0 Å². The summed E-state index contributed by atoms with van der Waals surface area (Å²) in [5, 5.41) is 0.455. The van der Waals surface area contributed by atoms with Gasteiger partial charge in [0.2, 0.25) is 0 Å². The molecule has 3 heterocycles. The number of ether oxygens (including phenoxy) is 2. The fourth-order valence-corrected chi connectivity index (χ4v) is 3.56. The van der Waals surface area contributed by atoms with Gasteiger partial charge in [-0.25, -0.2) is 9.78 Å². The van der Waals surface area contributed by atoms with Gasteiger partial charge < -0.3 is 14.4 Å². The molecule has 2 aliphatic heterocycles. The topological polar surface area (TPSA) is 54.9 Å². The number of halogens is 1. The van der Waals surface area contributed by atoms with E-state index in [-0.39, 0.29) is 6.09 Å². The predicted molar refractivity (Wildman–Crippen MR) is 91.7 cm³/mol. The van der Waals surface area contributed by atoms with Crippen molar-refractivity contribution < 1.29 is 14.3 Å². The number of thioether (sulfide) groups is 1. The minimum atomic E-state index is -0.384. The van der Waals surface area contributed by atoms with Crippen LogP contribution in [0.25, 0.3) is 4.91 Å². The first-order valence-electron chi connectivity index (χ1n) is 7.27. The molecule has 23 heavy (non-hydrogen) atoms. The quantitative estimate of drug-likeness (QED) is 0.760. The molecule has 1 aromatic rings. The Bertz CT molecular complexity index is 647. The Labute approximate surface area is 144 Å². The van der Waals surface area contributed by atoms with Crippen molar-refractivity contribution in [1.82, 2.24) is 9.88 Å². The Kier molecular flexibility index (Phi) is 4.99. The van der Waals surface area contributed by atoms with E-state index in [0.29, 0.717) is 24.9 Å². The molecule has 6 nitrogen and oxygen atoms in total. The molecule has 1 fully saturated rings. The third kappa shape index (κ3) is 3.27. The summed E-state index contributed by atoms with van der Waals surface area (Å²) in [4.78, 5) is 21.1. The second-order valence-corrected chi connectivity index (χ2v) is 6.42. The first kappa shape index (κ1) is 16.4. The molecule has 2 aliphatic rings. The highest BCUT2D eigenvalue weighted by molar-refractivity contribution is 8.07. The maximum Gasteiger partial charge on any atom is 0.413 e. The molecule has 1 saturated heterocycles. The Morgan fingerprint density at radius 1 is 1.43 bits per heavy atom. The van der Waals surface area contributed by atoms with Crippen molar-refractivity contribution in [2.45, 2.75) is 6.54 Å². The highest BCUT2D eigenvalue weighted by atomic mass is 35.5. The standard InChI is InChI=1S/C15H18ClN3O3S/c1-21-15(20)19-8-10-11(18-3-5-22-6-4-18)7-13(16)17-14(10)12(9-19)23-2/h7,9H,3-6,8H2,1-2H3. The fraction of sp³-hybridized carbons (Fsp3) is 0.467. The molecule has 0 aromatic carbocycles. The molecule has 3 rings (SSSR count). The van der Waals surface area contributed by atoms with Gasteiger partial charge in [-0.2, -0.15) is 0 Å². The molecule has 124 valence electrons. The summed E-state index contributed by atoms with van der Waals surface area (Å²) < 4.78 is 10.3. The summed E-state index contributed by atoms with van der Waals surface area (Å²) in [6, 6.07) is 1.87. The minimum absolute atomic E-state index is 0.384. The zero-order chi connectivity index (χ0) is 16.4. The first-order chi connectivity index (χ1) is 11.1. The van der Waals surface area contributed by atoms with Crippen LogP contribution in [0.15, 0.2) is 12.3 Å². The fourth-order valence-electron chi connectivity index (χ4n) is 2.78. The third-order valence-corrected chi connectivity index (χ3v) is 4.82. The van der Waals surface area contributed by atoms with E-state index in [4.69, 9.17) is 21.1 Å². The molecule has 8 heteroatoms. The number of hydrogen-bond donors (Lipinski definition) is 0. The largest absolute Gasteiger partial charge is 0.452 e. The van der Waals surface area contributed by atoms with E-state index in [1.165, 1.54) is 18.9 Å². The number of hydrogen-bond acceptors (Lipinski definition) is 6. The average molecular weight is 356 g/mol. The van der Waals surface area contributed by atoms with Gasteiger partial charge in [-0.1, -0.05) is 11.6 Å². The minimum Gasteiger partial charge on any atom is -0.452 e. The highest BCUT2D eigenvalue weighted by Crippen LogP contribution is 2.38. The molecule has 0 saturated carbocycles. The van der Waals surface area contributed by atoms with E-state index < -0.39 is 0 Å². The van der Waals surface area contributed by atoms with Crippen LogP contribution in [0.5, 0.6) is 0 Å². The predicted octanol–water partition coefficient (Wildman–Crippen LogP) is 2.82. The van der Waals surface area contributed by atoms with Crippen molar-refractivity contribution in [3.63, 3.8) is 0 Å². The van der Waals surface area contributed by atoms with Gasteiger partial charge in [0.25, 0.3) is 0 Å². The van der Waals surface area contributed by atoms with E-state index in [2.05, 4.69) is 9.88 Å². The maximum absolute atomic E-state index is 12.0. The van der Waals surface area contributed by atoms with E-state index >= 15 is 0 Å². The Morgan fingerprint density at radius 3 is 2.83 bits per heavy atom. The summed E-state index contributed by atoms with van der Waals surface area (Å²) in [6.07, 6.45) is 3.34. The van der Waals surface area contributed by atoms with Crippen LogP contribution in [0.1, 0.15) is 11.3 Å². The van der Waals surface area contributed by atoms with Crippen molar-refractivity contribution in [1.29, 1.82) is 0 Å². The van der Waals surface area contributed by atoms with Gasteiger partial charge in [-0.05, 0) is 12.3 Å². The first-order valence-corrected chi connectivity index (χ1v) is 8.87. The van der Waals surface area contributed by atoms with E-state index in [1.54, 1.807) is 11.1 Å². The third-order valence-electron chi connectivity index (χ3n) is 3.89. The van der Waals surface area contributed by atoms with Gasteiger partial charge in [-0.15, -0.1) is 11.8 Å². The van der Waals surface area contributed by atoms with Gasteiger partial charge in [0.15, 0.2) is 0 Å². The van der Waals surface area contributed by atoms with Crippen LogP contribution in [0.2, 0.25) is 5.15 Å². The Hall–Kier alpha value is -1.44. The Morgan fingerprint density at radius 2 is 2.17 bits per heavy atom. The number of methoxy groups -OCH3 is 1. The number of carbonyl (C=O) groups is 1. The van der Waals surface area contributed by atoms with Crippen LogP contribution in [0.3, 0.4) is 0 Å². The lowest BCUT2D eigenvalue weighted by atomic mass is 10.1. The molecule has 1 amide bonds. The van der Waals surface area contributed by atoms with Gasteiger partial charge in [-0.3, -0.25) is 4.90 Å². The van der Waals surface area contributed by atoms with E-state index in [9.17, 15) is 4.79 Å². The monoisotopic (exact) mass is 355 g/mol. The summed E-state index contributed by atoms with van der Waals surface area (Å²) >= 11 is 7.77. The van der Waals surface area contributed by atoms with Crippen LogP contribution < -0.4 is 4.90 Å². The van der Waals surface area contributed by atoms with Crippen molar-refractivity contribution in [2.75, 3.05) is 44.6 Å². The molecule has 0 unspecified atom stereocenters. The molecule has 0 bridgehead atoms. The van der Waals surface area contributed by atoms with Crippen LogP contribution in [0, 0.1) is 0 Å². The van der Waals surface area contributed by atoms with Crippen LogP contribution in [-0.4, -0.2) is 55.6 Å². The van der Waals surface area contributed by atoms with Gasteiger partial charge in [0.1, 0.15) is 5.15 Å². The summed E-state index contributed by atoms with van der Waals surface area (Å²) in [7, 11) is 1.38. The summed E-state index contributed by atoms with van der Waals surface area (Å²) in [5.41, 5.74) is 2.84. The van der Waals surface area contributed by atoms with Crippen LogP contribution in [0.4, 0.5) is 10.5 Å². The number of amides is 1. The summed E-state index contributed by atoms with van der Waals surface area (Å²) in [5.74, 6) is 0. The lowest BCUT2D eigenvalue weighted by Gasteiger charge is -2.34. The van der Waals surface area contributed by atoms with Gasteiger partial charge >= 0.3 is 6.09 Å². The number of morpholine rings is 1. The Balaban J connectivity index is 2.06. The van der Waals surface area contributed by atoms with Crippen molar-refractivity contribution in [2.24, 2.45) is 0 Å². The number of pyridine rings is 1. The second kappa shape index (κ2) is 6.98.